The smallest absolute Gasteiger partial charge is 0.251 e. The van der Waals surface area contributed by atoms with Gasteiger partial charge in [0, 0.05) is 44.6 Å². The van der Waals surface area contributed by atoms with E-state index < -0.39 is 0 Å². The average Bonchev–Trinajstić information content (AvgIpc) is 2.59. The molecule has 0 aliphatic carbocycles. The molecule has 6 heteroatoms. The molecule has 6 nitrogen and oxygen atoms in total. The SMILES string of the molecule is C=CCN(CC=C)CC(=O)Nc1cccc(C(=O)NCCCOC)c1. The Morgan fingerprint density at radius 3 is 2.60 bits per heavy atom. The first-order chi connectivity index (χ1) is 12.1. The summed E-state index contributed by atoms with van der Waals surface area (Å²) in [6.45, 7) is 9.93. The maximum atomic E-state index is 12.2. The Kier molecular flexibility index (Phi) is 9.89. The molecule has 0 spiro atoms. The minimum absolute atomic E-state index is 0.152. The van der Waals surface area contributed by atoms with Crippen molar-refractivity contribution in [2.45, 2.75) is 6.42 Å². The molecule has 0 fully saturated rings. The predicted octanol–water partition coefficient (Wildman–Crippen LogP) is 2.07. The van der Waals surface area contributed by atoms with Gasteiger partial charge in [0.1, 0.15) is 0 Å². The Morgan fingerprint density at radius 1 is 1.24 bits per heavy atom. The number of hydrogen-bond acceptors (Lipinski definition) is 4. The van der Waals surface area contributed by atoms with Crippen LogP contribution in [0.2, 0.25) is 0 Å². The zero-order valence-corrected chi connectivity index (χ0v) is 14.8. The molecule has 1 aromatic rings. The topological polar surface area (TPSA) is 70.7 Å². The molecule has 0 aliphatic rings. The lowest BCUT2D eigenvalue weighted by molar-refractivity contribution is -0.117. The number of hydrogen-bond donors (Lipinski definition) is 2. The molecule has 0 aliphatic heterocycles. The highest BCUT2D eigenvalue weighted by atomic mass is 16.5. The van der Waals surface area contributed by atoms with Crippen molar-refractivity contribution >= 4 is 17.5 Å². The fraction of sp³-hybridized carbons (Fsp3) is 0.368. The average molecular weight is 345 g/mol. The third kappa shape index (κ3) is 8.28. The van der Waals surface area contributed by atoms with E-state index in [1.807, 2.05) is 4.90 Å². The van der Waals surface area contributed by atoms with E-state index in [0.29, 0.717) is 37.5 Å². The minimum atomic E-state index is -0.174. The van der Waals surface area contributed by atoms with E-state index in [-0.39, 0.29) is 18.4 Å². The summed E-state index contributed by atoms with van der Waals surface area (Å²) >= 11 is 0. The van der Waals surface area contributed by atoms with E-state index >= 15 is 0 Å². The van der Waals surface area contributed by atoms with Crippen LogP contribution in [0.25, 0.3) is 0 Å². The van der Waals surface area contributed by atoms with Crippen LogP contribution in [0.3, 0.4) is 0 Å². The van der Waals surface area contributed by atoms with Gasteiger partial charge >= 0.3 is 0 Å². The lowest BCUT2D eigenvalue weighted by Gasteiger charge is -2.18. The summed E-state index contributed by atoms with van der Waals surface area (Å²) < 4.78 is 4.94. The molecule has 0 aromatic heterocycles. The van der Waals surface area contributed by atoms with Gasteiger partial charge in [-0.25, -0.2) is 0 Å². The van der Waals surface area contributed by atoms with E-state index in [0.717, 1.165) is 6.42 Å². The number of rotatable bonds is 12. The van der Waals surface area contributed by atoms with Gasteiger partial charge in [0.15, 0.2) is 0 Å². The van der Waals surface area contributed by atoms with Crippen molar-refractivity contribution in [1.82, 2.24) is 10.2 Å². The van der Waals surface area contributed by atoms with Crippen molar-refractivity contribution in [3.8, 4) is 0 Å². The summed E-state index contributed by atoms with van der Waals surface area (Å²) in [7, 11) is 1.62. The predicted molar refractivity (Wildman–Crippen MR) is 101 cm³/mol. The zero-order chi connectivity index (χ0) is 18.5. The first kappa shape index (κ1) is 20.6. The lowest BCUT2D eigenvalue weighted by atomic mass is 10.2. The van der Waals surface area contributed by atoms with Gasteiger partial charge in [-0.15, -0.1) is 13.2 Å². The van der Waals surface area contributed by atoms with Crippen molar-refractivity contribution in [1.29, 1.82) is 0 Å². The standard InChI is InChI=1S/C19H27N3O3/c1-4-11-22(12-5-2)15-18(23)21-17-9-6-8-16(14-17)19(24)20-10-7-13-25-3/h4-6,8-9,14H,1-2,7,10-13,15H2,3H3,(H,20,24)(H,21,23). The van der Waals surface area contributed by atoms with Gasteiger partial charge in [0.05, 0.1) is 6.54 Å². The number of benzene rings is 1. The van der Waals surface area contributed by atoms with Gasteiger partial charge in [-0.2, -0.15) is 0 Å². The van der Waals surface area contributed by atoms with Crippen LogP contribution in [-0.2, 0) is 9.53 Å². The normalized spacial score (nSPS) is 10.3. The first-order valence-electron chi connectivity index (χ1n) is 8.22. The number of carbonyl (C=O) groups excluding carboxylic acids is 2. The number of methoxy groups -OCH3 is 1. The molecule has 1 rings (SSSR count). The fourth-order valence-electron chi connectivity index (χ4n) is 2.23. The van der Waals surface area contributed by atoms with Crippen LogP contribution < -0.4 is 10.6 Å². The fourth-order valence-corrected chi connectivity index (χ4v) is 2.23. The molecule has 0 radical (unpaired) electrons. The summed E-state index contributed by atoms with van der Waals surface area (Å²) in [4.78, 5) is 26.2. The number of anilines is 1. The molecule has 136 valence electrons. The number of amides is 2. The second-order valence-corrected chi connectivity index (χ2v) is 5.50. The zero-order valence-electron chi connectivity index (χ0n) is 14.8. The van der Waals surface area contributed by atoms with Gasteiger partial charge in [-0.1, -0.05) is 18.2 Å². The van der Waals surface area contributed by atoms with Crippen LogP contribution in [0, 0.1) is 0 Å². The van der Waals surface area contributed by atoms with Crippen molar-refractivity contribution in [3.05, 3.63) is 55.1 Å². The summed E-state index contributed by atoms with van der Waals surface area (Å²) in [6.07, 6.45) is 4.23. The van der Waals surface area contributed by atoms with Gasteiger partial charge in [-0.3, -0.25) is 14.5 Å². The highest BCUT2D eigenvalue weighted by molar-refractivity contribution is 5.97. The van der Waals surface area contributed by atoms with Gasteiger partial charge in [0.2, 0.25) is 5.91 Å². The van der Waals surface area contributed by atoms with Crippen molar-refractivity contribution < 1.29 is 14.3 Å². The highest BCUT2D eigenvalue weighted by Crippen LogP contribution is 2.11. The van der Waals surface area contributed by atoms with E-state index in [1.165, 1.54) is 0 Å². The molecular weight excluding hydrogens is 318 g/mol. The second kappa shape index (κ2) is 12.0. The monoisotopic (exact) mass is 345 g/mol. The largest absolute Gasteiger partial charge is 0.385 e. The van der Waals surface area contributed by atoms with Crippen molar-refractivity contribution in [3.63, 3.8) is 0 Å². The molecule has 0 bridgehead atoms. The Labute approximate surface area is 149 Å². The maximum Gasteiger partial charge on any atom is 0.251 e. The number of nitrogens with one attached hydrogen (secondary N) is 2. The highest BCUT2D eigenvalue weighted by Gasteiger charge is 2.10. The number of carbonyl (C=O) groups is 2. The molecular formula is C19H27N3O3. The lowest BCUT2D eigenvalue weighted by Crippen LogP contribution is -2.33. The van der Waals surface area contributed by atoms with Crippen LogP contribution in [0.4, 0.5) is 5.69 Å². The minimum Gasteiger partial charge on any atom is -0.385 e. The maximum absolute atomic E-state index is 12.2. The van der Waals surface area contributed by atoms with Crippen molar-refractivity contribution in [2.75, 3.05) is 45.2 Å². The van der Waals surface area contributed by atoms with Crippen LogP contribution in [0.5, 0.6) is 0 Å². The summed E-state index contributed by atoms with van der Waals surface area (Å²) in [5.74, 6) is -0.325. The van der Waals surface area contributed by atoms with Crippen LogP contribution in [0.15, 0.2) is 49.6 Å². The van der Waals surface area contributed by atoms with Crippen LogP contribution >= 0.6 is 0 Å². The third-order valence-electron chi connectivity index (χ3n) is 3.36. The third-order valence-corrected chi connectivity index (χ3v) is 3.36. The molecule has 0 atom stereocenters. The molecule has 0 heterocycles. The summed E-state index contributed by atoms with van der Waals surface area (Å²) in [5.41, 5.74) is 1.09. The molecule has 0 unspecified atom stereocenters. The van der Waals surface area contributed by atoms with E-state index in [9.17, 15) is 9.59 Å². The second-order valence-electron chi connectivity index (χ2n) is 5.50. The summed E-state index contributed by atoms with van der Waals surface area (Å²) in [6, 6.07) is 6.87. The van der Waals surface area contributed by atoms with E-state index in [1.54, 1.807) is 43.5 Å². The molecule has 25 heavy (non-hydrogen) atoms. The first-order valence-corrected chi connectivity index (χ1v) is 8.22. The van der Waals surface area contributed by atoms with Gasteiger partial charge in [0.25, 0.3) is 5.91 Å². The summed E-state index contributed by atoms with van der Waals surface area (Å²) in [5, 5.41) is 5.63. The van der Waals surface area contributed by atoms with Gasteiger partial charge < -0.3 is 15.4 Å². The molecule has 2 N–H and O–H groups in total. The molecule has 0 saturated heterocycles. The van der Waals surface area contributed by atoms with Crippen molar-refractivity contribution in [2.24, 2.45) is 0 Å². The van der Waals surface area contributed by atoms with E-state index in [2.05, 4.69) is 23.8 Å². The molecule has 1 aromatic carbocycles. The number of nitrogens with zero attached hydrogens (tertiary/aromatic N) is 1. The Hall–Kier alpha value is -2.44. The number of ether oxygens (including phenoxy) is 1. The Morgan fingerprint density at radius 2 is 1.96 bits per heavy atom. The van der Waals surface area contributed by atoms with Crippen LogP contribution in [0.1, 0.15) is 16.8 Å². The van der Waals surface area contributed by atoms with Gasteiger partial charge in [-0.05, 0) is 24.6 Å². The quantitative estimate of drug-likeness (QED) is 0.449. The Balaban J connectivity index is 2.58. The van der Waals surface area contributed by atoms with Crippen LogP contribution in [-0.4, -0.2) is 56.6 Å². The van der Waals surface area contributed by atoms with E-state index in [4.69, 9.17) is 4.74 Å². The Bertz CT molecular complexity index is 577. The molecule has 2 amide bonds. The molecule has 0 saturated carbocycles.